The van der Waals surface area contributed by atoms with Crippen LogP contribution in [0.5, 0.6) is 0 Å². The molecule has 1 N–H and O–H groups in total. The average Bonchev–Trinajstić information content (AvgIpc) is 3.07. The van der Waals surface area contributed by atoms with Crippen molar-refractivity contribution in [1.82, 2.24) is 19.7 Å². The van der Waals surface area contributed by atoms with Crippen LogP contribution in [0, 0.1) is 0 Å². The zero-order valence-corrected chi connectivity index (χ0v) is 16.6. The lowest BCUT2D eigenvalue weighted by atomic mass is 10.1. The van der Waals surface area contributed by atoms with Crippen molar-refractivity contribution in [2.45, 2.75) is 23.4 Å². The van der Waals surface area contributed by atoms with Crippen LogP contribution in [0.2, 0.25) is 0 Å². The molecule has 1 aliphatic heterocycles. The third-order valence-corrected chi connectivity index (χ3v) is 5.69. The minimum atomic E-state index is -4.56. The Morgan fingerprint density at radius 1 is 1.30 bits per heavy atom. The van der Waals surface area contributed by atoms with Crippen molar-refractivity contribution < 1.29 is 22.8 Å². The van der Waals surface area contributed by atoms with Crippen molar-refractivity contribution in [3.63, 3.8) is 0 Å². The van der Waals surface area contributed by atoms with Gasteiger partial charge in [0.1, 0.15) is 17.9 Å². The molecule has 156 valence electrons. The minimum absolute atomic E-state index is 0.0525. The molecule has 3 heterocycles. The predicted octanol–water partition coefficient (Wildman–Crippen LogP) is 2.85. The normalized spacial score (nSPS) is 15.1. The van der Waals surface area contributed by atoms with Crippen LogP contribution in [0.15, 0.2) is 35.7 Å². The number of benzene rings is 1. The molecule has 8 nitrogen and oxygen atoms in total. The first-order chi connectivity index (χ1) is 14.1. The van der Waals surface area contributed by atoms with E-state index in [2.05, 4.69) is 20.4 Å². The van der Waals surface area contributed by atoms with E-state index in [4.69, 9.17) is 0 Å². The summed E-state index contributed by atoms with van der Waals surface area (Å²) in [5.41, 5.74) is -0.134. The Kier molecular flexibility index (Phi) is 4.88. The summed E-state index contributed by atoms with van der Waals surface area (Å²) in [7, 11) is 1.73. The fourth-order valence-electron chi connectivity index (χ4n) is 3.13. The van der Waals surface area contributed by atoms with E-state index in [-0.39, 0.29) is 17.9 Å². The van der Waals surface area contributed by atoms with Crippen LogP contribution >= 0.6 is 11.8 Å². The van der Waals surface area contributed by atoms with Gasteiger partial charge in [-0.2, -0.15) is 18.3 Å². The lowest BCUT2D eigenvalue weighted by Crippen LogP contribution is -2.45. The monoisotopic (exact) mass is 436 g/mol. The largest absolute Gasteiger partial charge is 0.416 e. The molecular formula is C18H15F3N6O2S. The highest BCUT2D eigenvalue weighted by Crippen LogP contribution is 2.38. The van der Waals surface area contributed by atoms with Crippen LogP contribution in [-0.2, 0) is 22.8 Å². The molecular weight excluding hydrogens is 421 g/mol. The third kappa shape index (κ3) is 3.58. The minimum Gasteiger partial charge on any atom is -0.323 e. The number of fused-ring (bicyclic) bond motifs is 2. The molecule has 0 fully saturated rings. The maximum Gasteiger partial charge on any atom is 0.416 e. The van der Waals surface area contributed by atoms with E-state index in [0.717, 1.165) is 23.9 Å². The number of amides is 2. The Bertz CT molecular complexity index is 1160. The topological polar surface area (TPSA) is 93.0 Å². The van der Waals surface area contributed by atoms with E-state index in [1.165, 1.54) is 17.3 Å². The first kappa shape index (κ1) is 20.1. The number of hydrogen-bond donors (Lipinski definition) is 1. The molecule has 0 saturated heterocycles. The van der Waals surface area contributed by atoms with Crippen LogP contribution in [0.25, 0.3) is 11.0 Å². The number of nitrogens with zero attached hydrogens (tertiary/aromatic N) is 5. The Hall–Kier alpha value is -3.15. The number of hydrogen-bond acceptors (Lipinski definition) is 6. The van der Waals surface area contributed by atoms with E-state index in [1.54, 1.807) is 24.9 Å². The van der Waals surface area contributed by atoms with Crippen LogP contribution in [0.4, 0.5) is 24.5 Å². The van der Waals surface area contributed by atoms with E-state index < -0.39 is 28.8 Å². The number of alkyl halides is 3. The molecule has 0 bridgehead atoms. The van der Waals surface area contributed by atoms with Gasteiger partial charge in [0.15, 0.2) is 5.65 Å². The standard InChI is InChI=1S/C18H15F3N6O2S/c1-9(30-16-11-6-24-26(2)15(11)22-8-23-16)17(29)27-7-14(28)25-12-5-10(18(19,20)21)3-4-13(12)27/h3-6,8-9H,7H2,1-2H3,(H,25,28)/t9-/m0/s1. The SMILES string of the molecule is C[C@H](Sc1ncnc2c1cnn2C)C(=O)N1CC(=O)Nc2cc(C(F)(F)F)ccc21. The third-order valence-electron chi connectivity index (χ3n) is 4.59. The zero-order chi connectivity index (χ0) is 21.6. The molecule has 3 aromatic rings. The Morgan fingerprint density at radius 2 is 2.07 bits per heavy atom. The highest BCUT2D eigenvalue weighted by Gasteiger charge is 2.35. The van der Waals surface area contributed by atoms with E-state index in [0.29, 0.717) is 16.1 Å². The fourth-order valence-corrected chi connectivity index (χ4v) is 4.08. The summed E-state index contributed by atoms with van der Waals surface area (Å²) in [6.45, 7) is 1.36. The van der Waals surface area contributed by atoms with Gasteiger partial charge in [-0.05, 0) is 25.1 Å². The van der Waals surface area contributed by atoms with Crippen molar-refractivity contribution in [1.29, 1.82) is 0 Å². The number of carbonyl (C=O) groups excluding carboxylic acids is 2. The Balaban J connectivity index is 1.62. The highest BCUT2D eigenvalue weighted by atomic mass is 32.2. The number of anilines is 2. The van der Waals surface area contributed by atoms with Gasteiger partial charge in [-0.25, -0.2) is 9.97 Å². The van der Waals surface area contributed by atoms with Gasteiger partial charge in [0.2, 0.25) is 11.8 Å². The van der Waals surface area contributed by atoms with Gasteiger partial charge in [0.25, 0.3) is 0 Å². The quantitative estimate of drug-likeness (QED) is 0.501. The van der Waals surface area contributed by atoms with Gasteiger partial charge in [-0.1, -0.05) is 11.8 Å². The van der Waals surface area contributed by atoms with Crippen molar-refractivity contribution in [3.8, 4) is 0 Å². The number of rotatable bonds is 3. The van der Waals surface area contributed by atoms with Crippen molar-refractivity contribution >= 4 is 46.0 Å². The number of aromatic nitrogens is 4. The number of halogens is 3. The molecule has 1 aromatic carbocycles. The van der Waals surface area contributed by atoms with Crippen molar-refractivity contribution in [3.05, 3.63) is 36.3 Å². The predicted molar refractivity (Wildman–Crippen MR) is 104 cm³/mol. The van der Waals surface area contributed by atoms with Gasteiger partial charge < -0.3 is 5.32 Å². The Labute approximate surface area is 172 Å². The van der Waals surface area contributed by atoms with Gasteiger partial charge >= 0.3 is 6.18 Å². The number of nitrogens with one attached hydrogen (secondary N) is 1. The first-order valence-electron chi connectivity index (χ1n) is 8.77. The number of aryl methyl sites for hydroxylation is 1. The second-order valence-corrected chi connectivity index (χ2v) is 7.98. The van der Waals surface area contributed by atoms with Gasteiger partial charge in [0.05, 0.1) is 33.8 Å². The summed E-state index contributed by atoms with van der Waals surface area (Å²) in [6.07, 6.45) is -1.60. The average molecular weight is 436 g/mol. The summed E-state index contributed by atoms with van der Waals surface area (Å²) in [5.74, 6) is -0.990. The second kappa shape index (κ2) is 7.27. The number of thioether (sulfide) groups is 1. The van der Waals surface area contributed by atoms with Crippen LogP contribution in [0.1, 0.15) is 12.5 Å². The molecule has 1 atom stereocenters. The summed E-state index contributed by atoms with van der Waals surface area (Å²) >= 11 is 1.16. The Morgan fingerprint density at radius 3 is 2.80 bits per heavy atom. The maximum absolute atomic E-state index is 13.1. The molecule has 2 amide bonds. The van der Waals surface area contributed by atoms with E-state index >= 15 is 0 Å². The summed E-state index contributed by atoms with van der Waals surface area (Å²) in [5, 5.41) is 7.09. The molecule has 0 saturated carbocycles. The van der Waals surface area contributed by atoms with Crippen LogP contribution < -0.4 is 10.2 Å². The zero-order valence-electron chi connectivity index (χ0n) is 15.8. The maximum atomic E-state index is 13.1. The molecule has 0 spiro atoms. The first-order valence-corrected chi connectivity index (χ1v) is 9.65. The molecule has 2 aromatic heterocycles. The number of carbonyl (C=O) groups is 2. The molecule has 0 radical (unpaired) electrons. The molecule has 0 aliphatic carbocycles. The van der Waals surface area contributed by atoms with Crippen molar-refractivity contribution in [2.24, 2.45) is 7.05 Å². The summed E-state index contributed by atoms with van der Waals surface area (Å²) in [4.78, 5) is 34.7. The van der Waals surface area contributed by atoms with Crippen molar-refractivity contribution in [2.75, 3.05) is 16.8 Å². The van der Waals surface area contributed by atoms with Crippen LogP contribution in [0.3, 0.4) is 0 Å². The lowest BCUT2D eigenvalue weighted by molar-refractivity contribution is -0.137. The van der Waals surface area contributed by atoms with Gasteiger partial charge in [-0.15, -0.1) is 0 Å². The van der Waals surface area contributed by atoms with Gasteiger partial charge in [-0.3, -0.25) is 19.2 Å². The molecule has 4 rings (SSSR count). The highest BCUT2D eigenvalue weighted by molar-refractivity contribution is 8.00. The summed E-state index contributed by atoms with van der Waals surface area (Å²) in [6, 6.07) is 2.91. The second-order valence-electron chi connectivity index (χ2n) is 6.65. The summed E-state index contributed by atoms with van der Waals surface area (Å²) < 4.78 is 40.6. The molecule has 1 aliphatic rings. The molecule has 12 heteroatoms. The van der Waals surface area contributed by atoms with E-state index in [9.17, 15) is 22.8 Å². The fraction of sp³-hybridized carbons (Fsp3) is 0.278. The smallest absolute Gasteiger partial charge is 0.323 e. The van der Waals surface area contributed by atoms with Gasteiger partial charge in [0, 0.05) is 7.05 Å². The molecule has 0 unspecified atom stereocenters. The van der Waals surface area contributed by atoms with E-state index in [1.807, 2.05) is 0 Å². The lowest BCUT2D eigenvalue weighted by Gasteiger charge is -2.31. The van der Waals surface area contributed by atoms with Crippen LogP contribution in [-0.4, -0.2) is 43.4 Å². The molecule has 30 heavy (non-hydrogen) atoms.